The second kappa shape index (κ2) is 19.7. The Balaban J connectivity index is 0.00000134. The predicted octanol–water partition coefficient (Wildman–Crippen LogP) is 10.1. The molecule has 42 heavy (non-hydrogen) atoms. The molecule has 1 aliphatic heterocycles. The first-order valence-electron chi connectivity index (χ1n) is 15.2. The van der Waals surface area contributed by atoms with Crippen molar-refractivity contribution in [3.05, 3.63) is 88.3 Å². The molecule has 5 heteroatoms. The van der Waals surface area contributed by atoms with E-state index in [2.05, 4.69) is 99.3 Å². The maximum atomic E-state index is 9.27. The number of nitrogens with zero attached hydrogens (tertiary/aromatic N) is 2. The van der Waals surface area contributed by atoms with E-state index in [4.69, 9.17) is 4.79 Å². The summed E-state index contributed by atoms with van der Waals surface area (Å²) in [4.78, 5) is 12.0. The molecule has 2 unspecified atom stereocenters. The highest BCUT2D eigenvalue weighted by Gasteiger charge is 2.48. The van der Waals surface area contributed by atoms with Crippen molar-refractivity contribution in [3.63, 3.8) is 0 Å². The second-order valence-corrected chi connectivity index (χ2v) is 11.6. The third-order valence-electron chi connectivity index (χ3n) is 7.59. The van der Waals surface area contributed by atoms with E-state index in [-0.39, 0.29) is 5.41 Å². The Labute approximate surface area is 261 Å². The van der Waals surface area contributed by atoms with Crippen molar-refractivity contribution in [2.45, 2.75) is 80.6 Å². The smallest absolute Gasteiger partial charge is 0.106 e. The number of hydrogen-bond donors (Lipinski definition) is 1. The average molecular weight is 590 g/mol. The SMILES string of the molecule is C=C(C)NC.C=O.CC.CC.CC(C)c1ccc(N2CC(C)C(c3cc(-c4cccc(C#N)c4)cs3)(C(C)C)C2)cc1. The van der Waals surface area contributed by atoms with Gasteiger partial charge in [-0.1, -0.05) is 93.2 Å². The molecule has 0 aliphatic carbocycles. The van der Waals surface area contributed by atoms with Crippen molar-refractivity contribution in [2.24, 2.45) is 11.8 Å². The summed E-state index contributed by atoms with van der Waals surface area (Å²) in [6, 6.07) is 21.7. The van der Waals surface area contributed by atoms with E-state index >= 15 is 0 Å². The van der Waals surface area contributed by atoms with E-state index < -0.39 is 0 Å². The first-order valence-corrected chi connectivity index (χ1v) is 16.1. The zero-order valence-electron chi connectivity index (χ0n) is 28.0. The number of carbonyl (C=O) groups excluding carboxylic acids is 1. The van der Waals surface area contributed by atoms with Crippen molar-refractivity contribution < 1.29 is 4.79 Å². The van der Waals surface area contributed by atoms with Crippen LogP contribution in [0.15, 0.2) is 72.3 Å². The summed E-state index contributed by atoms with van der Waals surface area (Å²) in [6.45, 7) is 29.3. The van der Waals surface area contributed by atoms with Gasteiger partial charge in [-0.25, -0.2) is 0 Å². The highest BCUT2D eigenvalue weighted by Crippen LogP contribution is 2.49. The number of thiophene rings is 1. The molecule has 1 aliphatic rings. The topological polar surface area (TPSA) is 56.1 Å². The van der Waals surface area contributed by atoms with Gasteiger partial charge in [0.15, 0.2) is 0 Å². The molecule has 3 aromatic rings. The van der Waals surface area contributed by atoms with E-state index in [1.165, 1.54) is 21.7 Å². The predicted molar refractivity (Wildman–Crippen MR) is 187 cm³/mol. The van der Waals surface area contributed by atoms with Crippen LogP contribution in [0, 0.1) is 23.2 Å². The Morgan fingerprint density at radius 3 is 2.07 bits per heavy atom. The fraction of sp³-hybridized carbons (Fsp3) is 0.459. The monoisotopic (exact) mass is 589 g/mol. The van der Waals surface area contributed by atoms with Crippen LogP contribution in [0.25, 0.3) is 11.1 Å². The Kier molecular flexibility index (Phi) is 18.1. The number of allylic oxidation sites excluding steroid dienone is 1. The van der Waals surface area contributed by atoms with E-state index in [1.54, 1.807) is 0 Å². The van der Waals surface area contributed by atoms with Gasteiger partial charge in [0, 0.05) is 36.1 Å². The van der Waals surface area contributed by atoms with E-state index in [1.807, 2.05) is 78.0 Å². The van der Waals surface area contributed by atoms with Crippen LogP contribution in [0.1, 0.15) is 91.2 Å². The van der Waals surface area contributed by atoms with Crippen LogP contribution >= 0.6 is 11.3 Å². The molecule has 1 fully saturated rings. The normalized spacial score (nSPS) is 16.8. The summed E-state index contributed by atoms with van der Waals surface area (Å²) < 4.78 is 0. The molecule has 2 aromatic carbocycles. The van der Waals surface area contributed by atoms with Crippen LogP contribution in [0.2, 0.25) is 0 Å². The van der Waals surface area contributed by atoms with Gasteiger partial charge in [-0.05, 0) is 82.8 Å². The molecule has 4 nitrogen and oxygen atoms in total. The Hall–Kier alpha value is -3.36. The summed E-state index contributed by atoms with van der Waals surface area (Å²) in [6.07, 6.45) is 0. The maximum Gasteiger partial charge on any atom is 0.106 e. The van der Waals surface area contributed by atoms with Crippen molar-refractivity contribution in [3.8, 4) is 17.2 Å². The quantitative estimate of drug-likeness (QED) is 0.311. The van der Waals surface area contributed by atoms with Gasteiger partial charge < -0.3 is 15.0 Å². The number of rotatable bonds is 6. The van der Waals surface area contributed by atoms with E-state index in [9.17, 15) is 5.26 Å². The zero-order chi connectivity index (χ0) is 32.5. The van der Waals surface area contributed by atoms with Crippen LogP contribution in [-0.4, -0.2) is 26.9 Å². The third kappa shape index (κ3) is 9.88. The Morgan fingerprint density at radius 2 is 1.60 bits per heavy atom. The molecule has 0 radical (unpaired) electrons. The minimum Gasteiger partial charge on any atom is -0.392 e. The number of nitriles is 1. The number of hydrogen-bond acceptors (Lipinski definition) is 5. The first-order chi connectivity index (χ1) is 20.1. The lowest BCUT2D eigenvalue weighted by molar-refractivity contribution is -0.0980. The molecule has 0 amide bonds. The summed E-state index contributed by atoms with van der Waals surface area (Å²) in [7, 11) is 1.85. The molecule has 4 rings (SSSR count). The van der Waals surface area contributed by atoms with Gasteiger partial charge in [0.25, 0.3) is 0 Å². The standard InChI is InChI=1S/C28H32N2S.C4H9N.2C2H6.CH2O/c1-19(2)23-9-11-26(12-10-23)30-16-21(5)28(18-30,20(3)4)27-14-25(17-31-27)24-8-6-7-22(13-24)15-29;1-4(2)5-3;3*1-2/h6-14,17,19-21H,16,18H2,1-5H3;5H,1H2,2-3H3;2*1-2H3;1H2. The molecule has 1 saturated heterocycles. The van der Waals surface area contributed by atoms with Gasteiger partial charge in [0.2, 0.25) is 0 Å². The molecular formula is C37H55N3OS. The molecule has 230 valence electrons. The Morgan fingerprint density at radius 1 is 1.02 bits per heavy atom. The first kappa shape index (κ1) is 38.6. The van der Waals surface area contributed by atoms with Crippen molar-refractivity contribution in [1.29, 1.82) is 5.26 Å². The second-order valence-electron chi connectivity index (χ2n) is 10.6. The lowest BCUT2D eigenvalue weighted by atomic mass is 9.69. The molecular weight excluding hydrogens is 534 g/mol. The molecule has 2 atom stereocenters. The van der Waals surface area contributed by atoms with Crippen LogP contribution in [0.3, 0.4) is 0 Å². The summed E-state index contributed by atoms with van der Waals surface area (Å²) in [5.74, 6) is 1.67. The van der Waals surface area contributed by atoms with Crippen LogP contribution < -0.4 is 10.2 Å². The number of anilines is 1. The number of nitrogens with one attached hydrogen (secondary N) is 1. The lowest BCUT2D eigenvalue weighted by Crippen LogP contribution is -2.39. The molecule has 1 N–H and O–H groups in total. The van der Waals surface area contributed by atoms with Crippen LogP contribution in [0.5, 0.6) is 0 Å². The van der Waals surface area contributed by atoms with Gasteiger partial charge in [-0.15, -0.1) is 11.3 Å². The fourth-order valence-electron chi connectivity index (χ4n) is 5.15. The average Bonchev–Trinajstić information content (AvgIpc) is 3.66. The number of benzene rings is 2. The summed E-state index contributed by atoms with van der Waals surface area (Å²) in [5, 5.41) is 14.4. The van der Waals surface area contributed by atoms with Crippen molar-refractivity contribution >= 4 is 23.8 Å². The van der Waals surface area contributed by atoms with E-state index in [0.717, 1.165) is 24.4 Å². The molecule has 0 spiro atoms. The van der Waals surface area contributed by atoms with Crippen molar-refractivity contribution in [2.75, 3.05) is 25.0 Å². The Bertz CT molecular complexity index is 1220. The minimum atomic E-state index is 0.131. The highest BCUT2D eigenvalue weighted by molar-refractivity contribution is 7.10. The zero-order valence-corrected chi connectivity index (χ0v) is 28.9. The highest BCUT2D eigenvalue weighted by atomic mass is 32.1. The van der Waals surface area contributed by atoms with Gasteiger partial charge in [-0.2, -0.15) is 5.26 Å². The third-order valence-corrected chi connectivity index (χ3v) is 8.71. The summed E-state index contributed by atoms with van der Waals surface area (Å²) in [5.41, 5.74) is 6.94. The fourth-order valence-corrected chi connectivity index (χ4v) is 6.53. The molecule has 0 saturated carbocycles. The number of carbonyl (C=O) groups is 1. The molecule has 0 bridgehead atoms. The van der Waals surface area contributed by atoms with Crippen LogP contribution in [-0.2, 0) is 10.2 Å². The van der Waals surface area contributed by atoms with Crippen molar-refractivity contribution in [1.82, 2.24) is 5.32 Å². The summed E-state index contributed by atoms with van der Waals surface area (Å²) >= 11 is 1.88. The van der Waals surface area contributed by atoms with Gasteiger partial charge >= 0.3 is 0 Å². The minimum absolute atomic E-state index is 0.131. The van der Waals surface area contributed by atoms with Gasteiger partial charge in [-0.3, -0.25) is 0 Å². The maximum absolute atomic E-state index is 9.27. The van der Waals surface area contributed by atoms with E-state index in [0.29, 0.717) is 23.3 Å². The molecule has 1 aromatic heterocycles. The lowest BCUT2D eigenvalue weighted by Gasteiger charge is -2.36. The van der Waals surface area contributed by atoms with Gasteiger partial charge in [0.1, 0.15) is 6.79 Å². The molecule has 2 heterocycles. The largest absolute Gasteiger partial charge is 0.392 e. The van der Waals surface area contributed by atoms with Crippen LogP contribution in [0.4, 0.5) is 5.69 Å². The van der Waals surface area contributed by atoms with Gasteiger partial charge in [0.05, 0.1) is 11.6 Å².